The van der Waals surface area contributed by atoms with Crippen LogP contribution in [-0.2, 0) is 10.0 Å². The number of hydrogen-bond donors (Lipinski definition) is 1. The second kappa shape index (κ2) is 5.27. The van der Waals surface area contributed by atoms with Crippen LogP contribution in [0.2, 0.25) is 0 Å². The van der Waals surface area contributed by atoms with E-state index in [2.05, 4.69) is 0 Å². The van der Waals surface area contributed by atoms with Crippen molar-refractivity contribution in [2.45, 2.75) is 6.92 Å². The van der Waals surface area contributed by atoms with Crippen LogP contribution in [0.3, 0.4) is 0 Å². The highest BCUT2D eigenvalue weighted by molar-refractivity contribution is 7.92. The highest BCUT2D eigenvalue weighted by atomic mass is 32.2. The molecule has 0 fully saturated rings. The van der Waals surface area contributed by atoms with E-state index in [1.807, 2.05) is 0 Å². The summed E-state index contributed by atoms with van der Waals surface area (Å²) in [5, 5.41) is 0. The molecular formula is C10H15FN2O2S. The number of halogens is 1. The van der Waals surface area contributed by atoms with Crippen molar-refractivity contribution < 1.29 is 12.8 Å². The number of anilines is 1. The Balaban J connectivity index is 3.18. The molecule has 0 aliphatic carbocycles. The molecule has 0 aromatic heterocycles. The Morgan fingerprint density at radius 2 is 2.00 bits per heavy atom. The van der Waals surface area contributed by atoms with Crippen LogP contribution in [0.4, 0.5) is 10.1 Å². The average Bonchev–Trinajstić information content (AvgIpc) is 2.27. The number of hydrogen-bond acceptors (Lipinski definition) is 3. The van der Waals surface area contributed by atoms with E-state index >= 15 is 0 Å². The molecule has 2 N–H and O–H groups in total. The van der Waals surface area contributed by atoms with E-state index in [1.165, 1.54) is 25.1 Å². The Hall–Kier alpha value is -1.14. The summed E-state index contributed by atoms with van der Waals surface area (Å²) in [5.41, 5.74) is 5.39. The van der Waals surface area contributed by atoms with Gasteiger partial charge in [-0.15, -0.1) is 0 Å². The minimum Gasteiger partial charge on any atom is -0.329 e. The molecule has 0 unspecified atom stereocenters. The molecular weight excluding hydrogens is 231 g/mol. The molecule has 16 heavy (non-hydrogen) atoms. The summed E-state index contributed by atoms with van der Waals surface area (Å²) in [6.45, 7) is 1.74. The topological polar surface area (TPSA) is 63.4 Å². The zero-order valence-electron chi connectivity index (χ0n) is 9.06. The van der Waals surface area contributed by atoms with Crippen molar-refractivity contribution in [1.82, 2.24) is 0 Å². The molecule has 0 heterocycles. The zero-order chi connectivity index (χ0) is 12.2. The lowest BCUT2D eigenvalue weighted by atomic mass is 10.3. The predicted molar refractivity (Wildman–Crippen MR) is 62.3 cm³/mol. The van der Waals surface area contributed by atoms with Crippen LogP contribution >= 0.6 is 0 Å². The summed E-state index contributed by atoms with van der Waals surface area (Å²) in [4.78, 5) is 0. The summed E-state index contributed by atoms with van der Waals surface area (Å²) in [6.07, 6.45) is 0. The van der Waals surface area contributed by atoms with Crippen molar-refractivity contribution in [2.24, 2.45) is 5.73 Å². The van der Waals surface area contributed by atoms with E-state index in [-0.39, 0.29) is 24.5 Å². The first-order chi connectivity index (χ1) is 7.53. The van der Waals surface area contributed by atoms with Gasteiger partial charge in [0.1, 0.15) is 5.82 Å². The van der Waals surface area contributed by atoms with Gasteiger partial charge in [-0.25, -0.2) is 12.8 Å². The number of nitrogens with two attached hydrogens (primary N) is 1. The van der Waals surface area contributed by atoms with Crippen LogP contribution in [0, 0.1) is 5.82 Å². The van der Waals surface area contributed by atoms with Gasteiger partial charge in [0.05, 0.1) is 11.4 Å². The molecule has 0 aliphatic heterocycles. The quantitative estimate of drug-likeness (QED) is 0.841. The Labute approximate surface area is 94.9 Å². The fourth-order valence-electron chi connectivity index (χ4n) is 1.34. The molecule has 0 bridgehead atoms. The van der Waals surface area contributed by atoms with Crippen molar-refractivity contribution in [3.63, 3.8) is 0 Å². The predicted octanol–water partition coefficient (Wildman–Crippen LogP) is 0.940. The summed E-state index contributed by atoms with van der Waals surface area (Å²) in [5.74, 6) is -0.644. The number of sulfonamides is 1. The van der Waals surface area contributed by atoms with Crippen LogP contribution < -0.4 is 10.0 Å². The molecule has 4 nitrogen and oxygen atoms in total. The van der Waals surface area contributed by atoms with E-state index in [4.69, 9.17) is 5.73 Å². The van der Waals surface area contributed by atoms with Crippen molar-refractivity contribution in [3.8, 4) is 0 Å². The van der Waals surface area contributed by atoms with Gasteiger partial charge in [-0.2, -0.15) is 0 Å². The van der Waals surface area contributed by atoms with Crippen LogP contribution in [0.1, 0.15) is 6.92 Å². The highest BCUT2D eigenvalue weighted by Gasteiger charge is 2.22. The summed E-state index contributed by atoms with van der Waals surface area (Å²) >= 11 is 0. The van der Waals surface area contributed by atoms with Crippen LogP contribution in [0.5, 0.6) is 0 Å². The van der Waals surface area contributed by atoms with Gasteiger partial charge in [0, 0.05) is 13.1 Å². The number of nitrogens with zero attached hydrogens (tertiary/aromatic N) is 1. The Bertz CT molecular complexity index is 448. The molecule has 0 radical (unpaired) electrons. The molecule has 0 saturated carbocycles. The van der Waals surface area contributed by atoms with Gasteiger partial charge >= 0.3 is 0 Å². The molecule has 1 aromatic carbocycles. The third-order valence-electron chi connectivity index (χ3n) is 2.15. The minimum atomic E-state index is -3.48. The summed E-state index contributed by atoms with van der Waals surface area (Å²) in [7, 11) is -3.48. The van der Waals surface area contributed by atoms with Gasteiger partial charge in [-0.05, 0) is 19.1 Å². The first kappa shape index (κ1) is 12.9. The van der Waals surface area contributed by atoms with Crippen LogP contribution in [0.25, 0.3) is 0 Å². The molecule has 90 valence electrons. The van der Waals surface area contributed by atoms with Crippen LogP contribution in [-0.4, -0.2) is 27.3 Å². The van der Waals surface area contributed by atoms with Gasteiger partial charge in [0.25, 0.3) is 0 Å². The zero-order valence-corrected chi connectivity index (χ0v) is 9.87. The number of para-hydroxylation sites is 1. The third kappa shape index (κ3) is 2.70. The van der Waals surface area contributed by atoms with Crippen molar-refractivity contribution >= 4 is 15.7 Å². The first-order valence-corrected chi connectivity index (χ1v) is 6.59. The fourth-order valence-corrected chi connectivity index (χ4v) is 2.48. The Morgan fingerprint density at radius 3 is 2.50 bits per heavy atom. The molecule has 1 aromatic rings. The summed E-state index contributed by atoms with van der Waals surface area (Å²) in [6, 6.07) is 5.76. The van der Waals surface area contributed by atoms with E-state index in [0.29, 0.717) is 0 Å². The normalized spacial score (nSPS) is 11.4. The second-order valence-corrected chi connectivity index (χ2v) is 5.39. The lowest BCUT2D eigenvalue weighted by molar-refractivity contribution is 0.586. The van der Waals surface area contributed by atoms with Gasteiger partial charge in [-0.1, -0.05) is 12.1 Å². The minimum absolute atomic E-state index is 0.0507. The molecule has 6 heteroatoms. The SMILES string of the molecule is CCS(=O)(=O)N(CCN)c1ccccc1F. The largest absolute Gasteiger partial charge is 0.329 e. The fraction of sp³-hybridized carbons (Fsp3) is 0.400. The molecule has 1 rings (SSSR count). The third-order valence-corrected chi connectivity index (χ3v) is 3.93. The van der Waals surface area contributed by atoms with E-state index in [1.54, 1.807) is 6.07 Å². The average molecular weight is 246 g/mol. The number of benzene rings is 1. The summed E-state index contributed by atoms with van der Waals surface area (Å²) < 4.78 is 38.0. The molecule has 0 aliphatic rings. The standard InChI is InChI=1S/C10H15FN2O2S/c1-2-16(14,15)13(8-7-12)10-6-4-3-5-9(10)11/h3-6H,2,7-8,12H2,1H3. The van der Waals surface area contributed by atoms with E-state index in [9.17, 15) is 12.8 Å². The highest BCUT2D eigenvalue weighted by Crippen LogP contribution is 2.21. The maximum Gasteiger partial charge on any atom is 0.235 e. The van der Waals surface area contributed by atoms with Gasteiger partial charge in [0.15, 0.2) is 0 Å². The van der Waals surface area contributed by atoms with Gasteiger partial charge in [-0.3, -0.25) is 4.31 Å². The lowest BCUT2D eigenvalue weighted by Crippen LogP contribution is -2.37. The maximum atomic E-state index is 13.5. The second-order valence-electron chi connectivity index (χ2n) is 3.21. The van der Waals surface area contributed by atoms with Crippen molar-refractivity contribution in [3.05, 3.63) is 30.1 Å². The Kier molecular flexibility index (Phi) is 4.26. The van der Waals surface area contributed by atoms with Crippen LogP contribution in [0.15, 0.2) is 24.3 Å². The van der Waals surface area contributed by atoms with Gasteiger partial charge in [0.2, 0.25) is 10.0 Å². The molecule has 0 spiro atoms. The van der Waals surface area contributed by atoms with Crippen molar-refractivity contribution in [1.29, 1.82) is 0 Å². The maximum absolute atomic E-state index is 13.5. The number of rotatable bonds is 5. The molecule has 0 saturated heterocycles. The van der Waals surface area contributed by atoms with Gasteiger partial charge < -0.3 is 5.73 Å². The van der Waals surface area contributed by atoms with E-state index in [0.717, 1.165) is 4.31 Å². The monoisotopic (exact) mass is 246 g/mol. The molecule has 0 amide bonds. The van der Waals surface area contributed by atoms with Crippen molar-refractivity contribution in [2.75, 3.05) is 23.1 Å². The molecule has 0 atom stereocenters. The Morgan fingerprint density at radius 1 is 1.38 bits per heavy atom. The smallest absolute Gasteiger partial charge is 0.235 e. The van der Waals surface area contributed by atoms with E-state index < -0.39 is 15.8 Å². The first-order valence-electron chi connectivity index (χ1n) is 4.98. The lowest BCUT2D eigenvalue weighted by Gasteiger charge is -2.23.